The summed E-state index contributed by atoms with van der Waals surface area (Å²) in [4.78, 5) is 11.8. The van der Waals surface area contributed by atoms with E-state index in [9.17, 15) is 4.79 Å². The van der Waals surface area contributed by atoms with E-state index in [1.54, 1.807) is 0 Å². The molecule has 2 rings (SSSR count). The van der Waals surface area contributed by atoms with Crippen LogP contribution in [0.4, 0.5) is 0 Å². The molecule has 0 radical (unpaired) electrons. The first-order valence-electron chi connectivity index (χ1n) is 7.84. The molecular formula is C16H28O2. The van der Waals surface area contributed by atoms with Gasteiger partial charge >= 0.3 is 5.97 Å². The summed E-state index contributed by atoms with van der Waals surface area (Å²) in [5.74, 6) is 2.40. The number of hydrogen-bond acceptors (Lipinski definition) is 2. The Morgan fingerprint density at radius 2 is 1.83 bits per heavy atom. The van der Waals surface area contributed by atoms with Crippen molar-refractivity contribution in [2.75, 3.05) is 0 Å². The van der Waals surface area contributed by atoms with E-state index in [0.717, 1.165) is 31.1 Å². The van der Waals surface area contributed by atoms with Gasteiger partial charge in [0.1, 0.15) is 6.10 Å². The summed E-state index contributed by atoms with van der Waals surface area (Å²) in [6.07, 6.45) is 10.9. The molecule has 2 aliphatic rings. The zero-order chi connectivity index (χ0) is 13.0. The van der Waals surface area contributed by atoms with Crippen LogP contribution in [0.1, 0.15) is 71.6 Å². The molecule has 0 aliphatic heterocycles. The number of carbonyl (C=O) groups excluding carboxylic acids is 1. The van der Waals surface area contributed by atoms with Gasteiger partial charge in [0.15, 0.2) is 0 Å². The Morgan fingerprint density at radius 1 is 1.11 bits per heavy atom. The molecule has 2 heteroatoms. The Balaban J connectivity index is 1.72. The predicted octanol–water partition coefficient (Wildman–Crippen LogP) is 4.32. The van der Waals surface area contributed by atoms with E-state index in [0.29, 0.717) is 12.3 Å². The third kappa shape index (κ3) is 4.00. The summed E-state index contributed by atoms with van der Waals surface area (Å²) in [6, 6.07) is 0. The number of esters is 1. The smallest absolute Gasteiger partial charge is 0.306 e. The fourth-order valence-corrected chi connectivity index (χ4v) is 3.59. The highest BCUT2D eigenvalue weighted by Crippen LogP contribution is 2.41. The van der Waals surface area contributed by atoms with E-state index >= 15 is 0 Å². The van der Waals surface area contributed by atoms with Crippen molar-refractivity contribution in [2.24, 2.45) is 17.8 Å². The first-order valence-corrected chi connectivity index (χ1v) is 7.84. The number of rotatable bonds is 4. The van der Waals surface area contributed by atoms with Gasteiger partial charge in [-0.25, -0.2) is 0 Å². The SMILES string of the molecule is CC(C)CCC(=O)OC1CCC2CCCCC2C1. The van der Waals surface area contributed by atoms with Crippen LogP contribution in [0.15, 0.2) is 0 Å². The number of hydrogen-bond donors (Lipinski definition) is 0. The summed E-state index contributed by atoms with van der Waals surface area (Å²) in [5.41, 5.74) is 0. The Labute approximate surface area is 111 Å². The molecule has 0 spiro atoms. The third-order valence-corrected chi connectivity index (χ3v) is 4.72. The van der Waals surface area contributed by atoms with Gasteiger partial charge in [0.05, 0.1) is 0 Å². The average Bonchev–Trinajstić information content (AvgIpc) is 2.36. The average molecular weight is 252 g/mol. The van der Waals surface area contributed by atoms with Gasteiger partial charge in [0.2, 0.25) is 0 Å². The maximum absolute atomic E-state index is 11.8. The van der Waals surface area contributed by atoms with E-state index in [1.165, 1.54) is 32.1 Å². The van der Waals surface area contributed by atoms with Crippen LogP contribution in [0, 0.1) is 17.8 Å². The van der Waals surface area contributed by atoms with Gasteiger partial charge in [-0.3, -0.25) is 4.79 Å². The van der Waals surface area contributed by atoms with Gasteiger partial charge in [-0.2, -0.15) is 0 Å². The van der Waals surface area contributed by atoms with Crippen LogP contribution < -0.4 is 0 Å². The fraction of sp³-hybridized carbons (Fsp3) is 0.938. The van der Waals surface area contributed by atoms with Crippen molar-refractivity contribution in [1.82, 2.24) is 0 Å². The van der Waals surface area contributed by atoms with Crippen LogP contribution in [0.3, 0.4) is 0 Å². The van der Waals surface area contributed by atoms with Crippen LogP contribution in [0.2, 0.25) is 0 Å². The molecule has 2 aliphatic carbocycles. The number of fused-ring (bicyclic) bond motifs is 1. The van der Waals surface area contributed by atoms with Gasteiger partial charge in [0, 0.05) is 6.42 Å². The quantitative estimate of drug-likeness (QED) is 0.696. The molecular weight excluding hydrogens is 224 g/mol. The van der Waals surface area contributed by atoms with Crippen molar-refractivity contribution in [1.29, 1.82) is 0 Å². The van der Waals surface area contributed by atoms with Crippen LogP contribution in [0.25, 0.3) is 0 Å². The first kappa shape index (κ1) is 13.9. The highest BCUT2D eigenvalue weighted by atomic mass is 16.5. The van der Waals surface area contributed by atoms with Crippen molar-refractivity contribution in [3.8, 4) is 0 Å². The molecule has 104 valence electrons. The Bertz CT molecular complexity index is 272. The zero-order valence-electron chi connectivity index (χ0n) is 12.0. The molecule has 0 bridgehead atoms. The molecule has 0 aromatic rings. The molecule has 0 aromatic carbocycles. The van der Waals surface area contributed by atoms with E-state index in [-0.39, 0.29) is 12.1 Å². The minimum absolute atomic E-state index is 0.0305. The van der Waals surface area contributed by atoms with Crippen molar-refractivity contribution in [3.05, 3.63) is 0 Å². The number of carbonyl (C=O) groups is 1. The Hall–Kier alpha value is -0.530. The largest absolute Gasteiger partial charge is 0.462 e. The summed E-state index contributed by atoms with van der Waals surface area (Å²) in [6.45, 7) is 4.31. The Kier molecular flexibility index (Phi) is 5.08. The molecule has 3 atom stereocenters. The molecule has 3 unspecified atom stereocenters. The second-order valence-corrected chi connectivity index (χ2v) is 6.66. The van der Waals surface area contributed by atoms with Gasteiger partial charge in [-0.05, 0) is 43.4 Å². The van der Waals surface area contributed by atoms with Crippen molar-refractivity contribution >= 4 is 5.97 Å². The lowest BCUT2D eigenvalue weighted by Crippen LogP contribution is -2.33. The standard InChI is InChI=1S/C16H28O2/c1-12(2)7-10-16(17)18-15-9-8-13-5-3-4-6-14(13)11-15/h12-15H,3-11H2,1-2H3. The van der Waals surface area contributed by atoms with E-state index < -0.39 is 0 Å². The number of ether oxygens (including phenoxy) is 1. The van der Waals surface area contributed by atoms with Crippen molar-refractivity contribution < 1.29 is 9.53 Å². The maximum atomic E-state index is 11.8. The van der Waals surface area contributed by atoms with E-state index in [2.05, 4.69) is 13.8 Å². The zero-order valence-corrected chi connectivity index (χ0v) is 12.0. The maximum Gasteiger partial charge on any atom is 0.306 e. The van der Waals surface area contributed by atoms with Crippen LogP contribution in [0.5, 0.6) is 0 Å². The van der Waals surface area contributed by atoms with Gasteiger partial charge < -0.3 is 4.74 Å². The molecule has 2 nitrogen and oxygen atoms in total. The van der Waals surface area contributed by atoms with Crippen molar-refractivity contribution in [3.63, 3.8) is 0 Å². The lowest BCUT2D eigenvalue weighted by Gasteiger charge is -2.38. The van der Waals surface area contributed by atoms with Crippen LogP contribution in [-0.4, -0.2) is 12.1 Å². The molecule has 2 fully saturated rings. The Morgan fingerprint density at radius 3 is 2.56 bits per heavy atom. The third-order valence-electron chi connectivity index (χ3n) is 4.72. The predicted molar refractivity (Wildman–Crippen MR) is 73.3 cm³/mol. The molecule has 0 N–H and O–H groups in total. The van der Waals surface area contributed by atoms with Crippen LogP contribution in [-0.2, 0) is 9.53 Å². The summed E-state index contributed by atoms with van der Waals surface area (Å²) in [5, 5.41) is 0. The molecule has 0 aromatic heterocycles. The topological polar surface area (TPSA) is 26.3 Å². The lowest BCUT2D eigenvalue weighted by atomic mass is 9.70. The first-order chi connectivity index (χ1) is 8.65. The van der Waals surface area contributed by atoms with E-state index in [4.69, 9.17) is 4.74 Å². The van der Waals surface area contributed by atoms with Gasteiger partial charge in [-0.1, -0.05) is 39.5 Å². The van der Waals surface area contributed by atoms with Crippen LogP contribution >= 0.6 is 0 Å². The molecule has 0 saturated heterocycles. The molecule has 0 heterocycles. The van der Waals surface area contributed by atoms with Crippen molar-refractivity contribution in [2.45, 2.75) is 77.7 Å². The highest BCUT2D eigenvalue weighted by molar-refractivity contribution is 5.69. The van der Waals surface area contributed by atoms with Gasteiger partial charge in [0.25, 0.3) is 0 Å². The molecule has 18 heavy (non-hydrogen) atoms. The minimum Gasteiger partial charge on any atom is -0.462 e. The van der Waals surface area contributed by atoms with E-state index in [1.807, 2.05) is 0 Å². The lowest BCUT2D eigenvalue weighted by molar-refractivity contribution is -0.152. The summed E-state index contributed by atoms with van der Waals surface area (Å²) in [7, 11) is 0. The highest BCUT2D eigenvalue weighted by Gasteiger charge is 2.33. The summed E-state index contributed by atoms with van der Waals surface area (Å²) >= 11 is 0. The minimum atomic E-state index is 0.0305. The summed E-state index contributed by atoms with van der Waals surface area (Å²) < 4.78 is 5.65. The molecule has 2 saturated carbocycles. The second kappa shape index (κ2) is 6.58. The molecule has 0 amide bonds. The second-order valence-electron chi connectivity index (χ2n) is 6.66. The normalized spacial score (nSPS) is 32.1. The fourth-order valence-electron chi connectivity index (χ4n) is 3.59. The van der Waals surface area contributed by atoms with Gasteiger partial charge in [-0.15, -0.1) is 0 Å². The monoisotopic (exact) mass is 252 g/mol.